The average molecular weight is 529 g/mol. The second-order valence-corrected chi connectivity index (χ2v) is 7.83. The summed E-state index contributed by atoms with van der Waals surface area (Å²) in [5.41, 5.74) is 0.187. The number of alkyl halides is 7. The first-order chi connectivity index (χ1) is 15.3. The zero-order chi connectivity index (χ0) is 26.6. The summed E-state index contributed by atoms with van der Waals surface area (Å²) in [4.78, 5) is 23.7. The molecule has 0 aromatic heterocycles. The molecule has 1 atom stereocenters. The van der Waals surface area contributed by atoms with E-state index in [1.165, 1.54) is 30.3 Å². The van der Waals surface area contributed by atoms with Crippen molar-refractivity contribution in [3.63, 3.8) is 0 Å². The molecule has 2 N–H and O–H groups in total. The van der Waals surface area contributed by atoms with Gasteiger partial charge in [0.2, 0.25) is 5.83 Å². The lowest BCUT2D eigenvalue weighted by Gasteiger charge is -2.33. The van der Waals surface area contributed by atoms with E-state index in [-0.39, 0.29) is 5.56 Å². The van der Waals surface area contributed by atoms with E-state index in [9.17, 15) is 53.1 Å². The van der Waals surface area contributed by atoms with Crippen LogP contribution in [-0.2, 0) is 35.7 Å². The van der Waals surface area contributed by atoms with Crippen molar-refractivity contribution in [2.75, 3.05) is 6.61 Å². The van der Waals surface area contributed by atoms with E-state index in [0.717, 1.165) is 0 Å². The molecule has 0 heterocycles. The minimum Gasteiger partial charge on any atom is -0.410 e. The lowest BCUT2D eigenvalue weighted by atomic mass is 10.2. The van der Waals surface area contributed by atoms with Crippen LogP contribution in [0.5, 0.6) is 0 Å². The van der Waals surface area contributed by atoms with E-state index in [1.54, 1.807) is 5.32 Å². The lowest BCUT2D eigenvalue weighted by Crippen LogP contribution is -2.61. The number of hydrogen-bond donors (Lipinski definition) is 2. The Morgan fingerprint density at radius 3 is 2.00 bits per heavy atom. The number of nitrogens with one attached hydrogen (secondary N) is 1. The number of carbonyl (C=O) groups excluding carboxylic acids is 2. The second kappa shape index (κ2) is 10.2. The van der Waals surface area contributed by atoms with Crippen LogP contribution < -0.4 is 5.32 Å². The molecule has 34 heavy (non-hydrogen) atoms. The second-order valence-electron chi connectivity index (χ2n) is 6.37. The highest BCUT2D eigenvalue weighted by atomic mass is 32.2. The molecule has 1 aromatic rings. The van der Waals surface area contributed by atoms with Gasteiger partial charge in [-0.25, -0.2) is 4.79 Å². The van der Waals surface area contributed by atoms with Crippen LogP contribution in [0.25, 0.3) is 0 Å². The van der Waals surface area contributed by atoms with Gasteiger partial charge in [-0.15, -0.1) is 0 Å². The first kappa shape index (κ1) is 29.2. The number of ether oxygens (including phenoxy) is 2. The normalized spacial score (nSPS) is 14.7. The Kier molecular flexibility index (Phi) is 8.79. The maximum atomic E-state index is 13.7. The van der Waals surface area contributed by atoms with Crippen molar-refractivity contribution in [2.24, 2.45) is 0 Å². The topological polar surface area (TPSA) is 119 Å². The van der Waals surface area contributed by atoms with E-state index in [2.05, 4.69) is 16.1 Å². The molecule has 17 heteroatoms. The summed E-state index contributed by atoms with van der Waals surface area (Å²) in [6.45, 7) is -0.523. The molecule has 0 saturated carbocycles. The molecule has 0 aliphatic rings. The monoisotopic (exact) mass is 529 g/mol. The van der Waals surface area contributed by atoms with Gasteiger partial charge in [0.1, 0.15) is 0 Å². The minimum absolute atomic E-state index is 0.187. The number of amides is 1. The van der Waals surface area contributed by atoms with Gasteiger partial charge in [0.05, 0.1) is 6.61 Å². The minimum atomic E-state index is -6.73. The van der Waals surface area contributed by atoms with Crippen molar-refractivity contribution in [1.29, 1.82) is 0 Å². The molecule has 0 fully saturated rings. The van der Waals surface area contributed by atoms with E-state index >= 15 is 0 Å². The molecule has 0 spiro atoms. The smallest absolute Gasteiger partial charge is 0.410 e. The van der Waals surface area contributed by atoms with Gasteiger partial charge in [-0.1, -0.05) is 36.9 Å². The van der Waals surface area contributed by atoms with Crippen LogP contribution in [0.3, 0.4) is 0 Å². The summed E-state index contributed by atoms with van der Waals surface area (Å²) in [6.07, 6.45) is -8.63. The largest absolute Gasteiger partial charge is 0.466 e. The molecule has 8 nitrogen and oxygen atoms in total. The number of hydrogen-bond acceptors (Lipinski definition) is 6. The highest BCUT2D eigenvalue weighted by Gasteiger charge is 2.68. The fraction of sp³-hybridized carbons (Fsp3) is 0.412. The van der Waals surface area contributed by atoms with E-state index in [4.69, 9.17) is 4.55 Å². The predicted octanol–water partition coefficient (Wildman–Crippen LogP) is 3.11. The standard InChI is InChI=1S/C17H15F8NO7S/c1-10(18)12(27)33-15(16(21,22)23,13(28)26-9-11-5-3-2-4-6-11)32-8-7-14(19,20)17(24,25)34(29,30)31/h2-6H,1,7-9H2,(H,26,28)(H,29,30,31). The first-order valence-electron chi connectivity index (χ1n) is 8.62. The van der Waals surface area contributed by atoms with Crippen molar-refractivity contribution in [3.05, 3.63) is 48.3 Å². The fourth-order valence-electron chi connectivity index (χ4n) is 2.15. The van der Waals surface area contributed by atoms with Gasteiger partial charge in [-0.2, -0.15) is 43.5 Å². The van der Waals surface area contributed by atoms with Crippen LogP contribution in [0.4, 0.5) is 35.1 Å². The van der Waals surface area contributed by atoms with Crippen molar-refractivity contribution >= 4 is 22.0 Å². The molecule has 1 amide bonds. The zero-order valence-electron chi connectivity index (χ0n) is 16.5. The van der Waals surface area contributed by atoms with Crippen LogP contribution in [0.15, 0.2) is 42.7 Å². The molecule has 1 unspecified atom stereocenters. The van der Waals surface area contributed by atoms with Crippen molar-refractivity contribution in [1.82, 2.24) is 5.32 Å². The van der Waals surface area contributed by atoms with Gasteiger partial charge >= 0.3 is 45.1 Å². The first-order valence-corrected chi connectivity index (χ1v) is 10.1. The third-order valence-electron chi connectivity index (χ3n) is 3.90. The zero-order valence-corrected chi connectivity index (χ0v) is 17.4. The van der Waals surface area contributed by atoms with Gasteiger partial charge in [-0.05, 0) is 5.56 Å². The molecule has 0 radical (unpaired) electrons. The Balaban J connectivity index is 3.28. The summed E-state index contributed by atoms with van der Waals surface area (Å²) in [6, 6.07) is 6.98. The van der Waals surface area contributed by atoms with Crippen molar-refractivity contribution < 1.29 is 67.2 Å². The Hall–Kier alpha value is -2.79. The Morgan fingerprint density at radius 1 is 1.03 bits per heavy atom. The fourth-order valence-corrected chi connectivity index (χ4v) is 2.63. The van der Waals surface area contributed by atoms with Crippen molar-refractivity contribution in [3.8, 4) is 0 Å². The Labute approximate surface area is 186 Å². The molecule has 0 aliphatic heterocycles. The SMILES string of the molecule is C=C(F)C(=O)OC(OCCC(F)(F)C(F)(F)S(=O)(=O)O)(C(=O)NCc1ccccc1)C(F)(F)F. The Bertz CT molecular complexity index is 1010. The number of carbonyl (C=O) groups is 2. The molecular weight excluding hydrogens is 514 g/mol. The summed E-state index contributed by atoms with van der Waals surface area (Å²) in [7, 11) is -6.73. The molecule has 1 rings (SSSR count). The molecule has 0 saturated heterocycles. The maximum Gasteiger partial charge on any atom is 0.466 e. The number of esters is 1. The van der Waals surface area contributed by atoms with Crippen molar-refractivity contribution in [2.45, 2.75) is 36.1 Å². The van der Waals surface area contributed by atoms with Crippen LogP contribution in [0, 0.1) is 0 Å². The van der Waals surface area contributed by atoms with Gasteiger partial charge in [0, 0.05) is 13.0 Å². The molecular formula is C17H15F8NO7S. The van der Waals surface area contributed by atoms with Crippen LogP contribution in [0.2, 0.25) is 0 Å². The molecule has 1 aromatic carbocycles. The number of rotatable bonds is 11. The summed E-state index contributed by atoms with van der Waals surface area (Å²) >= 11 is 0. The van der Waals surface area contributed by atoms with Gasteiger partial charge < -0.3 is 14.8 Å². The van der Waals surface area contributed by atoms with E-state index < -0.39 is 70.5 Å². The third kappa shape index (κ3) is 6.41. The quantitative estimate of drug-likeness (QED) is 0.149. The molecule has 192 valence electrons. The van der Waals surface area contributed by atoms with Crippen LogP contribution in [-0.4, -0.2) is 54.6 Å². The molecule has 0 aliphatic carbocycles. The van der Waals surface area contributed by atoms with Gasteiger partial charge in [-0.3, -0.25) is 9.35 Å². The highest BCUT2D eigenvalue weighted by molar-refractivity contribution is 7.87. The summed E-state index contributed by atoms with van der Waals surface area (Å²) in [5.74, 6) is -17.6. The maximum absolute atomic E-state index is 13.7. The van der Waals surface area contributed by atoms with Gasteiger partial charge in [0.25, 0.3) is 0 Å². The third-order valence-corrected chi connectivity index (χ3v) is 4.84. The average Bonchev–Trinajstić information content (AvgIpc) is 2.69. The summed E-state index contributed by atoms with van der Waals surface area (Å²) in [5, 5.41) is -4.55. The number of halogens is 8. The highest BCUT2D eigenvalue weighted by Crippen LogP contribution is 2.42. The predicted molar refractivity (Wildman–Crippen MR) is 95.4 cm³/mol. The summed E-state index contributed by atoms with van der Waals surface area (Å²) < 4.78 is 145. The molecule has 0 bridgehead atoms. The van der Waals surface area contributed by atoms with Crippen LogP contribution >= 0.6 is 0 Å². The lowest BCUT2D eigenvalue weighted by molar-refractivity contribution is -0.350. The van der Waals surface area contributed by atoms with E-state index in [0.29, 0.717) is 0 Å². The Morgan fingerprint density at radius 2 is 1.56 bits per heavy atom. The number of benzene rings is 1. The van der Waals surface area contributed by atoms with Crippen LogP contribution in [0.1, 0.15) is 12.0 Å². The van der Waals surface area contributed by atoms with Gasteiger partial charge in [0.15, 0.2) is 0 Å². The van der Waals surface area contributed by atoms with E-state index in [1.807, 2.05) is 0 Å².